The second-order valence-corrected chi connectivity index (χ2v) is 6.85. The molecule has 2 unspecified atom stereocenters. The Bertz CT molecular complexity index is 782. The van der Waals surface area contributed by atoms with Crippen LogP contribution >= 0.6 is 12.6 Å². The number of halogens is 3. The summed E-state index contributed by atoms with van der Waals surface area (Å²) in [5, 5.41) is 9.17. The molecule has 3 N–H and O–H groups in total. The lowest BCUT2D eigenvalue weighted by Gasteiger charge is -2.31. The number of carbonyl (C=O) groups is 1. The van der Waals surface area contributed by atoms with Crippen LogP contribution in [0.15, 0.2) is 42.6 Å². The Morgan fingerprint density at radius 2 is 1.89 bits per heavy atom. The van der Waals surface area contributed by atoms with Crippen molar-refractivity contribution in [3.63, 3.8) is 0 Å². The van der Waals surface area contributed by atoms with Crippen LogP contribution in [0.3, 0.4) is 0 Å². The monoisotopic (exact) mass is 400 g/mol. The minimum absolute atomic E-state index is 0.281. The first-order chi connectivity index (χ1) is 12.5. The molecule has 0 spiro atoms. The summed E-state index contributed by atoms with van der Waals surface area (Å²) in [5.41, 5.74) is 5.46. The van der Waals surface area contributed by atoms with Crippen molar-refractivity contribution in [1.29, 1.82) is 0 Å². The minimum atomic E-state index is -4.74. The predicted molar refractivity (Wildman–Crippen MR) is 97.9 cm³/mol. The maximum atomic E-state index is 12.2. The summed E-state index contributed by atoms with van der Waals surface area (Å²) in [6, 6.07) is 8.57. The van der Waals surface area contributed by atoms with E-state index in [9.17, 15) is 23.1 Å². The van der Waals surface area contributed by atoms with Crippen LogP contribution in [0.5, 0.6) is 5.75 Å². The molecule has 0 aliphatic carbocycles. The lowest BCUT2D eigenvalue weighted by atomic mass is 9.78. The number of hydrogen-bond donors (Lipinski definition) is 3. The number of aryl methyl sites for hydroxylation is 1. The molecule has 5 nitrogen and oxygen atoms in total. The predicted octanol–water partition coefficient (Wildman–Crippen LogP) is 3.84. The van der Waals surface area contributed by atoms with E-state index in [1.165, 1.54) is 36.5 Å². The Morgan fingerprint density at radius 1 is 1.26 bits per heavy atom. The molecule has 0 saturated heterocycles. The maximum absolute atomic E-state index is 12.2. The van der Waals surface area contributed by atoms with Crippen LogP contribution in [-0.4, -0.2) is 27.7 Å². The van der Waals surface area contributed by atoms with Crippen molar-refractivity contribution in [2.75, 3.05) is 5.73 Å². The average molecular weight is 400 g/mol. The highest BCUT2D eigenvalue weighted by Gasteiger charge is 2.41. The Kier molecular flexibility index (Phi) is 6.25. The van der Waals surface area contributed by atoms with E-state index in [1.54, 1.807) is 13.0 Å². The number of nitrogens with zero attached hydrogens (tertiary/aromatic N) is 1. The zero-order chi connectivity index (χ0) is 20.2. The molecule has 2 aromatic rings. The molecule has 1 aromatic heterocycles. The van der Waals surface area contributed by atoms with E-state index >= 15 is 0 Å². The molecule has 2 atom stereocenters. The average Bonchev–Trinajstić information content (AvgIpc) is 2.59. The summed E-state index contributed by atoms with van der Waals surface area (Å²) in [7, 11) is 0. The van der Waals surface area contributed by atoms with Crippen LogP contribution in [0.1, 0.15) is 24.5 Å². The molecular formula is C18H19F3N2O3S. The van der Waals surface area contributed by atoms with Crippen molar-refractivity contribution in [1.82, 2.24) is 4.98 Å². The number of aromatic nitrogens is 1. The van der Waals surface area contributed by atoms with E-state index in [-0.39, 0.29) is 11.6 Å². The summed E-state index contributed by atoms with van der Waals surface area (Å²) in [4.78, 5) is 15.8. The standard InChI is InChI=1S/C18H19F3N2O3S/c1-17(16(24)25,12-5-9-15(22)23-10-12)14(27)8-4-11-2-6-13(7-3-11)26-18(19,20)21/h2-3,5-7,9-10,14,27H,4,8H2,1H3,(H2,22,23)(H,24,25). The van der Waals surface area contributed by atoms with Crippen LogP contribution in [-0.2, 0) is 16.6 Å². The van der Waals surface area contributed by atoms with Crippen LogP contribution in [0.4, 0.5) is 19.0 Å². The van der Waals surface area contributed by atoms with Gasteiger partial charge in [0.1, 0.15) is 17.0 Å². The molecular weight excluding hydrogens is 381 g/mol. The zero-order valence-corrected chi connectivity index (χ0v) is 15.3. The fourth-order valence-corrected chi connectivity index (χ4v) is 3.01. The number of aliphatic carboxylic acids is 1. The molecule has 27 heavy (non-hydrogen) atoms. The quantitative estimate of drug-likeness (QED) is 0.615. The van der Waals surface area contributed by atoms with Gasteiger partial charge in [-0.15, -0.1) is 13.2 Å². The molecule has 0 amide bonds. The number of carboxylic acids is 1. The fraction of sp³-hybridized carbons (Fsp3) is 0.333. The maximum Gasteiger partial charge on any atom is 0.573 e. The summed E-state index contributed by atoms with van der Waals surface area (Å²) in [6.45, 7) is 1.56. The Hall–Kier alpha value is -2.42. The number of nitrogens with two attached hydrogens (primary N) is 1. The molecule has 0 saturated carbocycles. The molecule has 1 aromatic carbocycles. The first kappa shape index (κ1) is 20.9. The lowest BCUT2D eigenvalue weighted by molar-refractivity contribution is -0.274. The van der Waals surface area contributed by atoms with E-state index in [4.69, 9.17) is 5.73 Å². The molecule has 0 bridgehead atoms. The minimum Gasteiger partial charge on any atom is -0.481 e. The molecule has 0 aliphatic heterocycles. The third-order valence-electron chi connectivity index (χ3n) is 4.36. The molecule has 1 heterocycles. The van der Waals surface area contributed by atoms with E-state index < -0.39 is 23.0 Å². The Balaban J connectivity index is 2.09. The fourth-order valence-electron chi connectivity index (χ4n) is 2.62. The van der Waals surface area contributed by atoms with Gasteiger partial charge in [-0.05, 0) is 49.1 Å². The lowest BCUT2D eigenvalue weighted by Crippen LogP contribution is -2.41. The van der Waals surface area contributed by atoms with Crippen LogP contribution in [0, 0.1) is 0 Å². The van der Waals surface area contributed by atoms with Gasteiger partial charge in [0.15, 0.2) is 0 Å². The van der Waals surface area contributed by atoms with Crippen LogP contribution < -0.4 is 10.5 Å². The second-order valence-electron chi connectivity index (χ2n) is 6.23. The van der Waals surface area contributed by atoms with E-state index in [1.807, 2.05) is 0 Å². The summed E-state index contributed by atoms with van der Waals surface area (Å²) < 4.78 is 40.4. The number of carboxylic acid groups (broad SMARTS) is 1. The van der Waals surface area contributed by atoms with Crippen LogP contribution in [0.25, 0.3) is 0 Å². The van der Waals surface area contributed by atoms with Gasteiger partial charge in [0, 0.05) is 11.4 Å². The molecule has 2 rings (SSSR count). The normalized spacial score (nSPS) is 15.0. The highest BCUT2D eigenvalue weighted by atomic mass is 32.1. The zero-order valence-electron chi connectivity index (χ0n) is 14.4. The van der Waals surface area contributed by atoms with Crippen molar-refractivity contribution < 1.29 is 27.8 Å². The largest absolute Gasteiger partial charge is 0.573 e. The second kappa shape index (κ2) is 8.08. The topological polar surface area (TPSA) is 85.4 Å². The number of alkyl halides is 3. The van der Waals surface area contributed by atoms with Gasteiger partial charge in [0.05, 0.1) is 0 Å². The van der Waals surface area contributed by atoms with Gasteiger partial charge in [-0.3, -0.25) is 4.79 Å². The molecule has 146 valence electrons. The number of pyridine rings is 1. The number of benzene rings is 1. The summed E-state index contributed by atoms with van der Waals surface area (Å²) in [5.74, 6) is -1.08. The van der Waals surface area contributed by atoms with Gasteiger partial charge in [-0.25, -0.2) is 4.98 Å². The Labute approximate surface area is 159 Å². The van der Waals surface area contributed by atoms with E-state index in [0.29, 0.717) is 18.4 Å². The highest BCUT2D eigenvalue weighted by molar-refractivity contribution is 7.81. The third kappa shape index (κ3) is 5.29. The summed E-state index contributed by atoms with van der Waals surface area (Å²) >= 11 is 4.48. The first-order valence-electron chi connectivity index (χ1n) is 8.00. The van der Waals surface area contributed by atoms with Gasteiger partial charge in [-0.2, -0.15) is 12.6 Å². The molecule has 9 heteroatoms. The number of ether oxygens (including phenoxy) is 1. The van der Waals surface area contributed by atoms with Crippen molar-refractivity contribution in [3.8, 4) is 5.75 Å². The van der Waals surface area contributed by atoms with Crippen LogP contribution in [0.2, 0.25) is 0 Å². The highest BCUT2D eigenvalue weighted by Crippen LogP contribution is 2.34. The SMILES string of the molecule is CC(C(=O)O)(c1ccc(N)nc1)C(S)CCc1ccc(OC(F)(F)F)cc1. The van der Waals surface area contributed by atoms with Crippen molar-refractivity contribution in [2.45, 2.75) is 36.8 Å². The number of thiol groups is 1. The van der Waals surface area contributed by atoms with Crippen molar-refractivity contribution in [3.05, 3.63) is 53.7 Å². The summed E-state index contributed by atoms with van der Waals surface area (Å²) in [6.07, 6.45) is -2.51. The van der Waals surface area contributed by atoms with Gasteiger partial charge in [0.2, 0.25) is 0 Å². The number of rotatable bonds is 7. The van der Waals surface area contributed by atoms with Gasteiger partial charge >= 0.3 is 12.3 Å². The Morgan fingerprint density at radius 3 is 2.37 bits per heavy atom. The third-order valence-corrected chi connectivity index (χ3v) is 5.13. The van der Waals surface area contributed by atoms with Gasteiger partial charge < -0.3 is 15.6 Å². The van der Waals surface area contributed by atoms with Gasteiger partial charge in [0.25, 0.3) is 0 Å². The van der Waals surface area contributed by atoms with E-state index in [2.05, 4.69) is 22.3 Å². The number of nitrogen functional groups attached to an aromatic ring is 1. The first-order valence-corrected chi connectivity index (χ1v) is 8.52. The molecule has 0 fully saturated rings. The van der Waals surface area contributed by atoms with Gasteiger partial charge in [-0.1, -0.05) is 18.2 Å². The van der Waals surface area contributed by atoms with E-state index in [0.717, 1.165) is 5.56 Å². The number of hydrogen-bond acceptors (Lipinski definition) is 5. The molecule has 0 radical (unpaired) electrons. The smallest absolute Gasteiger partial charge is 0.481 e. The van der Waals surface area contributed by atoms with Crippen molar-refractivity contribution in [2.24, 2.45) is 0 Å². The molecule has 0 aliphatic rings. The number of anilines is 1. The van der Waals surface area contributed by atoms with Crippen molar-refractivity contribution >= 4 is 24.4 Å².